The van der Waals surface area contributed by atoms with Crippen molar-refractivity contribution in [3.8, 4) is 0 Å². The maximum absolute atomic E-state index is 12.8. The summed E-state index contributed by atoms with van der Waals surface area (Å²) in [5.41, 5.74) is 0. The zero-order valence-corrected chi connectivity index (χ0v) is 18.7. The minimum atomic E-state index is -3.69. The molecule has 1 aliphatic rings. The molecule has 0 unspecified atom stereocenters. The van der Waals surface area contributed by atoms with E-state index in [1.807, 2.05) is 13.8 Å². The molecular formula is C19H29ClN4O4S. The predicted octanol–water partition coefficient (Wildman–Crippen LogP) is 0.973. The molecule has 1 fully saturated rings. The van der Waals surface area contributed by atoms with Crippen LogP contribution in [0.5, 0.6) is 0 Å². The van der Waals surface area contributed by atoms with Crippen molar-refractivity contribution in [2.24, 2.45) is 0 Å². The van der Waals surface area contributed by atoms with Gasteiger partial charge in [-0.05, 0) is 33.0 Å². The highest BCUT2D eigenvalue weighted by Gasteiger charge is 2.31. The van der Waals surface area contributed by atoms with Crippen LogP contribution in [0.2, 0.25) is 5.02 Å². The van der Waals surface area contributed by atoms with Crippen LogP contribution in [0.15, 0.2) is 29.2 Å². The molecule has 1 heterocycles. The average molecular weight is 445 g/mol. The van der Waals surface area contributed by atoms with Gasteiger partial charge in [-0.2, -0.15) is 4.31 Å². The van der Waals surface area contributed by atoms with E-state index in [2.05, 4.69) is 0 Å². The van der Waals surface area contributed by atoms with Crippen LogP contribution in [0.3, 0.4) is 0 Å². The number of carbonyl (C=O) groups is 2. The van der Waals surface area contributed by atoms with Gasteiger partial charge in [-0.3, -0.25) is 14.5 Å². The summed E-state index contributed by atoms with van der Waals surface area (Å²) in [4.78, 5) is 29.8. The van der Waals surface area contributed by atoms with Gasteiger partial charge in [0.1, 0.15) is 4.90 Å². The lowest BCUT2D eigenvalue weighted by Crippen LogP contribution is -2.52. The monoisotopic (exact) mass is 444 g/mol. The zero-order valence-electron chi connectivity index (χ0n) is 17.2. The Bertz CT molecular complexity index is 821. The molecule has 0 bridgehead atoms. The Hall–Kier alpha value is -1.68. The number of halogens is 1. The molecule has 1 aliphatic heterocycles. The normalized spacial score (nSPS) is 15.6. The first kappa shape index (κ1) is 23.6. The highest BCUT2D eigenvalue weighted by atomic mass is 35.5. The van der Waals surface area contributed by atoms with Crippen molar-refractivity contribution in [3.63, 3.8) is 0 Å². The number of nitrogens with zero attached hydrogens (tertiary/aromatic N) is 4. The molecule has 2 amide bonds. The molecule has 0 saturated carbocycles. The van der Waals surface area contributed by atoms with Gasteiger partial charge < -0.3 is 9.80 Å². The van der Waals surface area contributed by atoms with E-state index in [4.69, 9.17) is 11.6 Å². The summed E-state index contributed by atoms with van der Waals surface area (Å²) in [7, 11) is -1.96. The largest absolute Gasteiger partial charge is 0.342 e. The van der Waals surface area contributed by atoms with E-state index in [-0.39, 0.29) is 47.9 Å². The van der Waals surface area contributed by atoms with Crippen LogP contribution in [0.1, 0.15) is 13.8 Å². The van der Waals surface area contributed by atoms with Crippen molar-refractivity contribution in [1.29, 1.82) is 0 Å². The maximum Gasteiger partial charge on any atom is 0.244 e. The van der Waals surface area contributed by atoms with Crippen LogP contribution in [0, 0.1) is 0 Å². The van der Waals surface area contributed by atoms with E-state index in [0.29, 0.717) is 26.2 Å². The Kier molecular flexibility index (Phi) is 8.45. The Morgan fingerprint density at radius 2 is 1.62 bits per heavy atom. The minimum absolute atomic E-state index is 0.0130. The second-order valence-corrected chi connectivity index (χ2v) is 9.27. The van der Waals surface area contributed by atoms with Gasteiger partial charge in [-0.15, -0.1) is 0 Å². The van der Waals surface area contributed by atoms with Gasteiger partial charge in [-0.1, -0.05) is 23.7 Å². The van der Waals surface area contributed by atoms with Crippen LogP contribution in [0.4, 0.5) is 0 Å². The Morgan fingerprint density at radius 1 is 1.03 bits per heavy atom. The van der Waals surface area contributed by atoms with E-state index >= 15 is 0 Å². The summed E-state index contributed by atoms with van der Waals surface area (Å²) in [5.74, 6) is -0.129. The lowest BCUT2D eigenvalue weighted by atomic mass is 10.3. The number of hydrogen-bond acceptors (Lipinski definition) is 5. The van der Waals surface area contributed by atoms with Crippen molar-refractivity contribution in [2.75, 3.05) is 59.4 Å². The van der Waals surface area contributed by atoms with Gasteiger partial charge in [0.2, 0.25) is 21.8 Å². The summed E-state index contributed by atoms with van der Waals surface area (Å²) in [6.07, 6.45) is 0. The van der Waals surface area contributed by atoms with Gasteiger partial charge in [0.05, 0.1) is 18.1 Å². The lowest BCUT2D eigenvalue weighted by molar-refractivity contribution is -0.135. The molecule has 0 aliphatic carbocycles. The van der Waals surface area contributed by atoms with E-state index in [1.54, 1.807) is 39.9 Å². The number of piperazine rings is 1. The molecule has 0 atom stereocenters. The number of rotatable bonds is 8. The topological polar surface area (TPSA) is 81.2 Å². The van der Waals surface area contributed by atoms with Crippen molar-refractivity contribution in [1.82, 2.24) is 19.0 Å². The van der Waals surface area contributed by atoms with Crippen molar-refractivity contribution < 1.29 is 18.0 Å². The molecule has 0 spiro atoms. The standard InChI is InChI=1S/C19H29ClN4O4S/c1-4-22(5-2)18(25)14-21(3)15-19(26)23-10-12-24(13-11-23)29(27,28)17-9-7-6-8-16(17)20/h6-9H,4-5,10-15H2,1-3H3. The Morgan fingerprint density at radius 3 is 2.17 bits per heavy atom. The number of hydrogen-bond donors (Lipinski definition) is 0. The molecule has 1 aromatic carbocycles. The SMILES string of the molecule is CCN(CC)C(=O)CN(C)CC(=O)N1CCN(S(=O)(=O)c2ccccc2Cl)CC1. The molecule has 29 heavy (non-hydrogen) atoms. The zero-order chi connectivity index (χ0) is 21.6. The molecule has 0 N–H and O–H groups in total. The van der Waals surface area contributed by atoms with E-state index < -0.39 is 10.0 Å². The maximum atomic E-state index is 12.8. The quantitative estimate of drug-likeness (QED) is 0.596. The molecule has 0 radical (unpaired) electrons. The van der Waals surface area contributed by atoms with E-state index in [9.17, 15) is 18.0 Å². The Balaban J connectivity index is 1.89. The number of amides is 2. The van der Waals surface area contributed by atoms with Gasteiger partial charge in [0, 0.05) is 39.3 Å². The van der Waals surface area contributed by atoms with Gasteiger partial charge in [0.25, 0.3) is 0 Å². The van der Waals surface area contributed by atoms with Crippen LogP contribution in [-0.4, -0.2) is 98.6 Å². The smallest absolute Gasteiger partial charge is 0.244 e. The minimum Gasteiger partial charge on any atom is -0.342 e. The number of likely N-dealkylation sites (N-methyl/N-ethyl adjacent to an activating group) is 2. The molecule has 8 nitrogen and oxygen atoms in total. The summed E-state index contributed by atoms with van der Waals surface area (Å²) < 4.78 is 26.9. The van der Waals surface area contributed by atoms with Crippen LogP contribution >= 0.6 is 11.6 Å². The molecule has 2 rings (SSSR count). The predicted molar refractivity (Wildman–Crippen MR) is 112 cm³/mol. The summed E-state index contributed by atoms with van der Waals surface area (Å²) in [6, 6.07) is 6.34. The van der Waals surface area contributed by atoms with Crippen LogP contribution in [-0.2, 0) is 19.6 Å². The molecular weight excluding hydrogens is 416 g/mol. The number of benzene rings is 1. The van der Waals surface area contributed by atoms with Gasteiger partial charge in [0.15, 0.2) is 0 Å². The highest BCUT2D eigenvalue weighted by Crippen LogP contribution is 2.25. The summed E-state index contributed by atoms with van der Waals surface area (Å²) in [5, 5.41) is 0.186. The fourth-order valence-electron chi connectivity index (χ4n) is 3.26. The first-order valence-electron chi connectivity index (χ1n) is 9.69. The fourth-order valence-corrected chi connectivity index (χ4v) is 5.18. The van der Waals surface area contributed by atoms with Crippen LogP contribution in [0.25, 0.3) is 0 Å². The average Bonchev–Trinajstić information content (AvgIpc) is 2.69. The first-order chi connectivity index (χ1) is 13.7. The van der Waals surface area contributed by atoms with Crippen molar-refractivity contribution >= 4 is 33.4 Å². The molecule has 162 valence electrons. The molecule has 0 aromatic heterocycles. The third-order valence-corrected chi connectivity index (χ3v) is 7.37. The van der Waals surface area contributed by atoms with Crippen LogP contribution < -0.4 is 0 Å². The second kappa shape index (κ2) is 10.4. The third-order valence-electron chi connectivity index (χ3n) is 4.97. The number of sulfonamides is 1. The van der Waals surface area contributed by atoms with E-state index in [1.165, 1.54) is 10.4 Å². The molecule has 10 heteroatoms. The summed E-state index contributed by atoms with van der Waals surface area (Å²) >= 11 is 6.04. The first-order valence-corrected chi connectivity index (χ1v) is 11.5. The van der Waals surface area contributed by atoms with Gasteiger partial charge >= 0.3 is 0 Å². The van der Waals surface area contributed by atoms with Crippen molar-refractivity contribution in [3.05, 3.63) is 29.3 Å². The fraction of sp³-hybridized carbons (Fsp3) is 0.579. The van der Waals surface area contributed by atoms with Crippen molar-refractivity contribution in [2.45, 2.75) is 18.7 Å². The molecule has 1 aromatic rings. The van der Waals surface area contributed by atoms with Gasteiger partial charge in [-0.25, -0.2) is 8.42 Å². The second-order valence-electron chi connectivity index (χ2n) is 6.95. The highest BCUT2D eigenvalue weighted by molar-refractivity contribution is 7.89. The van der Waals surface area contributed by atoms with E-state index in [0.717, 1.165) is 0 Å². The third kappa shape index (κ3) is 5.91. The number of carbonyl (C=O) groups excluding carboxylic acids is 2. The summed E-state index contributed by atoms with van der Waals surface area (Å²) in [6.45, 7) is 6.44. The Labute approximate surface area is 178 Å². The molecule has 1 saturated heterocycles. The lowest BCUT2D eigenvalue weighted by Gasteiger charge is -2.35.